The summed E-state index contributed by atoms with van der Waals surface area (Å²) < 4.78 is 4.64. The van der Waals surface area contributed by atoms with Crippen LogP contribution in [0.25, 0.3) is 0 Å². The summed E-state index contributed by atoms with van der Waals surface area (Å²) in [5.74, 6) is 0.492. The van der Waals surface area contributed by atoms with Crippen molar-refractivity contribution in [2.24, 2.45) is 4.99 Å². The molecule has 0 bridgehead atoms. The highest BCUT2D eigenvalue weighted by atomic mass is 16.5. The van der Waals surface area contributed by atoms with Gasteiger partial charge in [0.15, 0.2) is 0 Å². The molecule has 0 spiro atoms. The molecule has 0 saturated heterocycles. The lowest BCUT2D eigenvalue weighted by molar-refractivity contribution is 0.0601. The van der Waals surface area contributed by atoms with Gasteiger partial charge in [-0.3, -0.25) is 0 Å². The molecule has 0 aliphatic carbocycles. The van der Waals surface area contributed by atoms with Crippen LogP contribution in [0.5, 0.6) is 0 Å². The first kappa shape index (κ1) is 14.0. The highest BCUT2D eigenvalue weighted by molar-refractivity contribution is 5.90. The zero-order chi connectivity index (χ0) is 13.7. The third-order valence-corrected chi connectivity index (χ3v) is 2.32. The Labute approximate surface area is 108 Å². The van der Waals surface area contributed by atoms with E-state index in [0.29, 0.717) is 5.56 Å². The number of hydrogen-bond donors (Lipinski definition) is 0. The van der Waals surface area contributed by atoms with E-state index in [0.717, 1.165) is 11.6 Å². The normalized spacial score (nSPS) is 9.61. The van der Waals surface area contributed by atoms with E-state index in [4.69, 9.17) is 0 Å². The van der Waals surface area contributed by atoms with Crippen molar-refractivity contribution >= 4 is 17.6 Å². The van der Waals surface area contributed by atoms with Crippen LogP contribution in [0.15, 0.2) is 29.3 Å². The SMILES string of the molecule is COC(=O)c1ccc(N=C(N(C)C)N(C)C)cc1. The molecule has 5 nitrogen and oxygen atoms in total. The second-order valence-electron chi connectivity index (χ2n) is 4.24. The first-order valence-electron chi connectivity index (χ1n) is 5.57. The molecule has 0 saturated carbocycles. The molecule has 0 fully saturated rings. The summed E-state index contributed by atoms with van der Waals surface area (Å²) in [6, 6.07) is 6.99. The lowest BCUT2D eigenvalue weighted by Crippen LogP contribution is -2.35. The number of carbonyl (C=O) groups excluding carboxylic acids is 1. The van der Waals surface area contributed by atoms with Crippen molar-refractivity contribution in [1.29, 1.82) is 0 Å². The van der Waals surface area contributed by atoms with Gasteiger partial charge in [-0.25, -0.2) is 9.79 Å². The minimum absolute atomic E-state index is 0.342. The van der Waals surface area contributed by atoms with Crippen LogP contribution in [0.2, 0.25) is 0 Å². The molecule has 1 aromatic rings. The van der Waals surface area contributed by atoms with Gasteiger partial charge in [-0.2, -0.15) is 0 Å². The van der Waals surface area contributed by atoms with Gasteiger partial charge in [0.05, 0.1) is 18.4 Å². The Morgan fingerprint density at radius 3 is 1.94 bits per heavy atom. The van der Waals surface area contributed by atoms with Gasteiger partial charge in [0, 0.05) is 28.2 Å². The predicted octanol–water partition coefficient (Wildman–Crippen LogP) is 1.58. The highest BCUT2D eigenvalue weighted by Crippen LogP contribution is 2.14. The molecular weight excluding hydrogens is 230 g/mol. The summed E-state index contributed by atoms with van der Waals surface area (Å²) in [5.41, 5.74) is 1.31. The number of aliphatic imine (C=N–C) groups is 1. The third kappa shape index (κ3) is 3.48. The summed E-state index contributed by atoms with van der Waals surface area (Å²) in [6.07, 6.45) is 0. The van der Waals surface area contributed by atoms with Crippen LogP contribution in [0.3, 0.4) is 0 Å². The van der Waals surface area contributed by atoms with Gasteiger partial charge in [-0.1, -0.05) is 0 Å². The number of esters is 1. The van der Waals surface area contributed by atoms with Gasteiger partial charge in [0.1, 0.15) is 0 Å². The molecule has 98 valence electrons. The largest absolute Gasteiger partial charge is 0.465 e. The number of hydrogen-bond acceptors (Lipinski definition) is 3. The predicted molar refractivity (Wildman–Crippen MR) is 72.3 cm³/mol. The maximum atomic E-state index is 11.3. The van der Waals surface area contributed by atoms with Crippen molar-refractivity contribution in [3.05, 3.63) is 29.8 Å². The Hall–Kier alpha value is -2.04. The monoisotopic (exact) mass is 249 g/mol. The number of carbonyl (C=O) groups is 1. The average Bonchev–Trinajstić information content (AvgIpc) is 2.35. The van der Waals surface area contributed by atoms with Crippen molar-refractivity contribution < 1.29 is 9.53 Å². The van der Waals surface area contributed by atoms with Crippen molar-refractivity contribution in [3.63, 3.8) is 0 Å². The Morgan fingerprint density at radius 1 is 1.06 bits per heavy atom. The average molecular weight is 249 g/mol. The molecule has 0 aromatic heterocycles. The molecule has 1 rings (SSSR count). The molecule has 0 aliphatic rings. The summed E-state index contributed by atoms with van der Waals surface area (Å²) >= 11 is 0. The van der Waals surface area contributed by atoms with E-state index in [1.165, 1.54) is 7.11 Å². The van der Waals surface area contributed by atoms with E-state index >= 15 is 0 Å². The van der Waals surface area contributed by atoms with Crippen LogP contribution >= 0.6 is 0 Å². The molecular formula is C13H19N3O2. The smallest absolute Gasteiger partial charge is 0.337 e. The molecule has 0 radical (unpaired) electrons. The fourth-order valence-electron chi connectivity index (χ4n) is 1.51. The molecule has 0 heterocycles. The Kier molecular flexibility index (Phi) is 4.71. The summed E-state index contributed by atoms with van der Waals surface area (Å²) in [4.78, 5) is 19.6. The van der Waals surface area contributed by atoms with Crippen LogP contribution in [0, 0.1) is 0 Å². The van der Waals surface area contributed by atoms with Crippen LogP contribution < -0.4 is 0 Å². The van der Waals surface area contributed by atoms with Gasteiger partial charge < -0.3 is 14.5 Å². The summed E-state index contributed by atoms with van der Waals surface area (Å²) in [5, 5.41) is 0. The molecule has 0 unspecified atom stereocenters. The number of nitrogens with zero attached hydrogens (tertiary/aromatic N) is 3. The molecule has 0 aliphatic heterocycles. The molecule has 0 atom stereocenters. The molecule has 18 heavy (non-hydrogen) atoms. The van der Waals surface area contributed by atoms with Crippen LogP contribution in [0.4, 0.5) is 5.69 Å². The van der Waals surface area contributed by atoms with E-state index < -0.39 is 0 Å². The van der Waals surface area contributed by atoms with Gasteiger partial charge in [0.2, 0.25) is 5.96 Å². The Bertz CT molecular complexity index is 426. The second-order valence-corrected chi connectivity index (χ2v) is 4.24. The van der Waals surface area contributed by atoms with Crippen molar-refractivity contribution in [2.45, 2.75) is 0 Å². The van der Waals surface area contributed by atoms with Gasteiger partial charge in [-0.15, -0.1) is 0 Å². The highest BCUT2D eigenvalue weighted by Gasteiger charge is 2.06. The van der Waals surface area contributed by atoms with Gasteiger partial charge >= 0.3 is 5.97 Å². The Morgan fingerprint density at radius 2 is 1.56 bits per heavy atom. The van der Waals surface area contributed by atoms with E-state index in [2.05, 4.69) is 9.73 Å². The minimum atomic E-state index is -0.342. The van der Waals surface area contributed by atoms with Gasteiger partial charge in [0.25, 0.3) is 0 Å². The zero-order valence-corrected chi connectivity index (χ0v) is 11.5. The number of ether oxygens (including phenoxy) is 1. The molecule has 0 N–H and O–H groups in total. The first-order chi connectivity index (χ1) is 8.45. The maximum absolute atomic E-state index is 11.3. The van der Waals surface area contributed by atoms with Crippen molar-refractivity contribution in [3.8, 4) is 0 Å². The van der Waals surface area contributed by atoms with Crippen LogP contribution in [-0.2, 0) is 4.74 Å². The minimum Gasteiger partial charge on any atom is -0.465 e. The van der Waals surface area contributed by atoms with E-state index in [1.54, 1.807) is 24.3 Å². The zero-order valence-electron chi connectivity index (χ0n) is 11.5. The quantitative estimate of drug-likeness (QED) is 0.453. The van der Waals surface area contributed by atoms with Crippen molar-refractivity contribution in [1.82, 2.24) is 9.80 Å². The fraction of sp³-hybridized carbons (Fsp3) is 0.385. The molecule has 1 aromatic carbocycles. The summed E-state index contributed by atoms with van der Waals surface area (Å²) in [7, 11) is 9.09. The summed E-state index contributed by atoms with van der Waals surface area (Å²) in [6.45, 7) is 0. The topological polar surface area (TPSA) is 45.1 Å². The molecule has 5 heteroatoms. The first-order valence-corrected chi connectivity index (χ1v) is 5.57. The van der Waals surface area contributed by atoms with E-state index in [9.17, 15) is 4.79 Å². The van der Waals surface area contributed by atoms with Crippen LogP contribution in [0.1, 0.15) is 10.4 Å². The van der Waals surface area contributed by atoms with Crippen molar-refractivity contribution in [2.75, 3.05) is 35.3 Å². The van der Waals surface area contributed by atoms with E-state index in [-0.39, 0.29) is 5.97 Å². The number of methoxy groups -OCH3 is 1. The second kappa shape index (κ2) is 6.05. The maximum Gasteiger partial charge on any atom is 0.337 e. The fourth-order valence-corrected chi connectivity index (χ4v) is 1.51. The molecule has 0 amide bonds. The standard InChI is InChI=1S/C13H19N3O2/c1-15(2)13(16(3)4)14-11-8-6-10(7-9-11)12(17)18-5/h6-9H,1-5H3. The lowest BCUT2D eigenvalue weighted by Gasteiger charge is -2.22. The third-order valence-electron chi connectivity index (χ3n) is 2.32. The van der Waals surface area contributed by atoms with Gasteiger partial charge in [-0.05, 0) is 24.3 Å². The number of guanidine groups is 1. The number of rotatable bonds is 2. The van der Waals surface area contributed by atoms with Crippen LogP contribution in [-0.4, -0.2) is 57.0 Å². The Balaban J connectivity index is 2.98. The number of benzene rings is 1. The van der Waals surface area contributed by atoms with E-state index in [1.807, 2.05) is 38.0 Å². The lowest BCUT2D eigenvalue weighted by atomic mass is 10.2.